The number of carbonyl (C=O) groups is 2. The van der Waals surface area contributed by atoms with Crippen molar-refractivity contribution in [3.05, 3.63) is 89.7 Å². The van der Waals surface area contributed by atoms with Gasteiger partial charge in [0.25, 0.3) is 10.0 Å². The van der Waals surface area contributed by atoms with Crippen molar-refractivity contribution in [1.82, 2.24) is 10.2 Å². The first kappa shape index (κ1) is 30.6. The van der Waals surface area contributed by atoms with Crippen LogP contribution >= 0.6 is 0 Å². The fourth-order valence-corrected chi connectivity index (χ4v) is 5.68. The van der Waals surface area contributed by atoms with Gasteiger partial charge in [0, 0.05) is 13.1 Å². The highest BCUT2D eigenvalue weighted by Crippen LogP contribution is 2.26. The first-order valence-electron chi connectivity index (χ1n) is 13.2. The molecule has 214 valence electrons. The van der Waals surface area contributed by atoms with Crippen LogP contribution in [0.1, 0.15) is 37.8 Å². The van der Waals surface area contributed by atoms with E-state index in [2.05, 4.69) is 5.32 Å². The van der Waals surface area contributed by atoms with Crippen LogP contribution in [0, 0.1) is 12.7 Å². The molecular weight excluding hydrogens is 533 g/mol. The van der Waals surface area contributed by atoms with Gasteiger partial charge in [-0.25, -0.2) is 12.8 Å². The third-order valence-electron chi connectivity index (χ3n) is 6.58. The van der Waals surface area contributed by atoms with E-state index < -0.39 is 34.3 Å². The van der Waals surface area contributed by atoms with Crippen molar-refractivity contribution < 1.29 is 27.1 Å². The standard InChI is InChI=1S/C30H36FN3O5S/c1-5-19-32-30(36)28(6-2)33(20-23-10-8-7-9-22(23)3)29(35)21-34(25-13-11-24(31)12-14-25)40(37,38)27-17-15-26(39-4)16-18-27/h7-18,28H,5-6,19-21H2,1-4H3,(H,32,36)/t28-/m1/s1. The third kappa shape index (κ3) is 7.38. The van der Waals surface area contributed by atoms with Gasteiger partial charge in [-0.1, -0.05) is 38.1 Å². The Morgan fingerprint density at radius 2 is 1.62 bits per heavy atom. The summed E-state index contributed by atoms with van der Waals surface area (Å²) in [5, 5.41) is 2.86. The van der Waals surface area contributed by atoms with E-state index in [-0.39, 0.29) is 23.0 Å². The molecular formula is C30H36FN3O5S. The summed E-state index contributed by atoms with van der Waals surface area (Å²) >= 11 is 0. The topological polar surface area (TPSA) is 96.0 Å². The highest BCUT2D eigenvalue weighted by Gasteiger charge is 2.33. The molecule has 10 heteroatoms. The molecule has 40 heavy (non-hydrogen) atoms. The van der Waals surface area contributed by atoms with E-state index >= 15 is 0 Å². The first-order chi connectivity index (χ1) is 19.1. The van der Waals surface area contributed by atoms with Crippen LogP contribution in [0.2, 0.25) is 0 Å². The Bertz CT molecular complexity index is 1400. The van der Waals surface area contributed by atoms with Gasteiger partial charge in [-0.05, 0) is 79.4 Å². The lowest BCUT2D eigenvalue weighted by Gasteiger charge is -2.33. The van der Waals surface area contributed by atoms with E-state index in [1.165, 1.54) is 48.4 Å². The highest BCUT2D eigenvalue weighted by molar-refractivity contribution is 7.92. The highest BCUT2D eigenvalue weighted by atomic mass is 32.2. The fourth-order valence-electron chi connectivity index (χ4n) is 4.27. The van der Waals surface area contributed by atoms with Crippen LogP contribution in [0.15, 0.2) is 77.7 Å². The van der Waals surface area contributed by atoms with Crippen LogP contribution in [0.3, 0.4) is 0 Å². The SMILES string of the molecule is CCCNC(=O)[C@@H](CC)N(Cc1ccccc1C)C(=O)CN(c1ccc(F)cc1)S(=O)(=O)c1ccc(OC)cc1. The Balaban J connectivity index is 2.05. The molecule has 0 saturated carbocycles. The van der Waals surface area contributed by atoms with Gasteiger partial charge < -0.3 is 15.0 Å². The molecule has 0 fully saturated rings. The summed E-state index contributed by atoms with van der Waals surface area (Å²) in [4.78, 5) is 28.5. The number of hydrogen-bond acceptors (Lipinski definition) is 5. The van der Waals surface area contributed by atoms with Crippen molar-refractivity contribution in [1.29, 1.82) is 0 Å². The number of hydrogen-bond donors (Lipinski definition) is 1. The smallest absolute Gasteiger partial charge is 0.264 e. The van der Waals surface area contributed by atoms with Crippen LogP contribution in [0.5, 0.6) is 5.75 Å². The van der Waals surface area contributed by atoms with E-state index in [1.54, 1.807) is 6.92 Å². The van der Waals surface area contributed by atoms with Crippen molar-refractivity contribution in [3.63, 3.8) is 0 Å². The Kier molecular flexibility index (Phi) is 10.7. The summed E-state index contributed by atoms with van der Waals surface area (Å²) in [6.45, 7) is 5.62. The van der Waals surface area contributed by atoms with Crippen LogP contribution < -0.4 is 14.4 Å². The maximum absolute atomic E-state index is 14.0. The zero-order valence-electron chi connectivity index (χ0n) is 23.3. The largest absolute Gasteiger partial charge is 0.497 e. The van der Waals surface area contributed by atoms with Crippen LogP contribution in [-0.2, 0) is 26.2 Å². The molecule has 0 saturated heterocycles. The summed E-state index contributed by atoms with van der Waals surface area (Å²) in [5.41, 5.74) is 1.89. The van der Waals surface area contributed by atoms with Gasteiger partial charge in [-0.15, -0.1) is 0 Å². The maximum atomic E-state index is 14.0. The predicted molar refractivity (Wildman–Crippen MR) is 153 cm³/mol. The quantitative estimate of drug-likeness (QED) is 0.323. The van der Waals surface area contributed by atoms with Crippen molar-refractivity contribution >= 4 is 27.5 Å². The molecule has 0 heterocycles. The normalized spacial score (nSPS) is 11.9. The number of anilines is 1. The minimum Gasteiger partial charge on any atom is -0.497 e. The molecule has 0 bridgehead atoms. The second kappa shape index (κ2) is 13.9. The molecule has 8 nitrogen and oxygen atoms in total. The van der Waals surface area contributed by atoms with Crippen LogP contribution in [-0.4, -0.2) is 51.4 Å². The Morgan fingerprint density at radius 3 is 2.20 bits per heavy atom. The average molecular weight is 570 g/mol. The fraction of sp³-hybridized carbons (Fsp3) is 0.333. The van der Waals surface area contributed by atoms with Gasteiger partial charge in [0.2, 0.25) is 11.8 Å². The van der Waals surface area contributed by atoms with Crippen LogP contribution in [0.4, 0.5) is 10.1 Å². The van der Waals surface area contributed by atoms with Gasteiger partial charge in [-0.2, -0.15) is 0 Å². The number of methoxy groups -OCH3 is 1. The van der Waals surface area contributed by atoms with Gasteiger partial charge in [0.1, 0.15) is 24.2 Å². The van der Waals surface area contributed by atoms with Crippen molar-refractivity contribution in [2.24, 2.45) is 0 Å². The molecule has 3 rings (SSSR count). The van der Waals surface area contributed by atoms with E-state index in [4.69, 9.17) is 4.74 Å². The first-order valence-corrected chi connectivity index (χ1v) is 14.6. The Hall–Kier alpha value is -3.92. The van der Waals surface area contributed by atoms with E-state index in [1.807, 2.05) is 38.1 Å². The number of halogens is 1. The van der Waals surface area contributed by atoms with Gasteiger partial charge in [0.05, 0.1) is 17.7 Å². The monoisotopic (exact) mass is 569 g/mol. The molecule has 3 aromatic rings. The molecule has 1 atom stereocenters. The van der Waals surface area contributed by atoms with Gasteiger partial charge in [0.15, 0.2) is 0 Å². The zero-order valence-corrected chi connectivity index (χ0v) is 24.1. The van der Waals surface area contributed by atoms with Gasteiger partial charge >= 0.3 is 0 Å². The van der Waals surface area contributed by atoms with Crippen molar-refractivity contribution in [2.45, 2.75) is 51.1 Å². The summed E-state index contributed by atoms with van der Waals surface area (Å²) in [6, 6.07) is 17.4. The second-order valence-electron chi connectivity index (χ2n) is 9.33. The minimum atomic E-state index is -4.26. The van der Waals surface area contributed by atoms with Crippen molar-refractivity contribution in [3.8, 4) is 5.75 Å². The van der Waals surface area contributed by atoms with Crippen LogP contribution in [0.25, 0.3) is 0 Å². The number of benzene rings is 3. The minimum absolute atomic E-state index is 0.0661. The summed E-state index contributed by atoms with van der Waals surface area (Å²) in [5.74, 6) is -0.950. The molecule has 2 amide bonds. The summed E-state index contributed by atoms with van der Waals surface area (Å²) < 4.78 is 47.5. The number of amides is 2. The molecule has 0 aliphatic carbocycles. The number of rotatable bonds is 13. The zero-order chi connectivity index (χ0) is 29.3. The second-order valence-corrected chi connectivity index (χ2v) is 11.2. The Labute approximate surface area is 235 Å². The number of nitrogens with zero attached hydrogens (tertiary/aromatic N) is 2. The predicted octanol–water partition coefficient (Wildman–Crippen LogP) is 4.67. The molecule has 0 unspecified atom stereocenters. The number of aryl methyl sites for hydroxylation is 1. The third-order valence-corrected chi connectivity index (χ3v) is 8.37. The lowest BCUT2D eigenvalue weighted by Crippen LogP contribution is -2.52. The lowest BCUT2D eigenvalue weighted by atomic mass is 10.1. The average Bonchev–Trinajstić information content (AvgIpc) is 2.96. The molecule has 0 radical (unpaired) electrons. The number of nitrogens with one attached hydrogen (secondary N) is 1. The van der Waals surface area contributed by atoms with E-state index in [9.17, 15) is 22.4 Å². The molecule has 0 aliphatic rings. The number of carbonyl (C=O) groups excluding carboxylic acids is 2. The summed E-state index contributed by atoms with van der Waals surface area (Å²) in [7, 11) is -2.79. The number of ether oxygens (including phenoxy) is 1. The van der Waals surface area contributed by atoms with E-state index in [0.29, 0.717) is 18.7 Å². The number of sulfonamides is 1. The molecule has 0 aromatic heterocycles. The summed E-state index contributed by atoms with van der Waals surface area (Å²) in [6.07, 6.45) is 1.06. The molecule has 1 N–H and O–H groups in total. The maximum Gasteiger partial charge on any atom is 0.264 e. The van der Waals surface area contributed by atoms with E-state index in [0.717, 1.165) is 34.0 Å². The Morgan fingerprint density at radius 1 is 0.975 bits per heavy atom. The molecule has 3 aromatic carbocycles. The molecule has 0 aliphatic heterocycles. The van der Waals surface area contributed by atoms with Crippen molar-refractivity contribution in [2.75, 3.05) is 24.5 Å². The van der Waals surface area contributed by atoms with Gasteiger partial charge in [-0.3, -0.25) is 13.9 Å². The lowest BCUT2D eigenvalue weighted by molar-refractivity contribution is -0.140. The molecule has 0 spiro atoms.